The number of amides is 1. The third-order valence-corrected chi connectivity index (χ3v) is 3.00. The average Bonchev–Trinajstić information content (AvgIpc) is 2.41. The van der Waals surface area contributed by atoms with Gasteiger partial charge in [-0.25, -0.2) is 13.8 Å². The first-order chi connectivity index (χ1) is 10.3. The van der Waals surface area contributed by atoms with E-state index in [-0.39, 0.29) is 33.7 Å². The van der Waals surface area contributed by atoms with E-state index in [1.54, 1.807) is 6.07 Å². The van der Waals surface area contributed by atoms with Crippen molar-refractivity contribution in [1.82, 2.24) is 4.98 Å². The Labute approximate surface area is 121 Å². The van der Waals surface area contributed by atoms with Crippen LogP contribution >= 0.6 is 11.8 Å². The van der Waals surface area contributed by atoms with Crippen LogP contribution in [0, 0.1) is 5.82 Å². The monoisotopic (exact) mass is 297 g/mol. The highest BCUT2D eigenvalue weighted by Gasteiger charge is 2.12. The van der Waals surface area contributed by atoms with Gasteiger partial charge in [-0.15, -0.1) is 0 Å². The number of carbonyl (C=O) groups is 1. The Kier molecular flexibility index (Phi) is 3.69. The van der Waals surface area contributed by atoms with Gasteiger partial charge in [0, 0.05) is 16.8 Å². The number of nitrogens with one attached hydrogen (secondary N) is 1. The molecule has 7 heteroatoms. The quantitative estimate of drug-likeness (QED) is 0.851. The first kappa shape index (κ1) is 11.7. The minimum atomic E-state index is -3.13. The lowest BCUT2D eigenvalue weighted by Gasteiger charge is -2.08. The van der Waals surface area contributed by atoms with E-state index in [1.165, 1.54) is 18.3 Å². The molecule has 0 atom stereocenters. The molecular weight excluding hydrogens is 284 g/mol. The summed E-state index contributed by atoms with van der Waals surface area (Å²) in [6, 6.07) is 6.48. The molecule has 0 saturated carbocycles. The van der Waals surface area contributed by atoms with Crippen molar-refractivity contribution in [2.45, 2.75) is 4.90 Å². The average molecular weight is 297 g/mol. The zero-order valence-corrected chi connectivity index (χ0v) is 10.9. The highest BCUT2D eigenvalue weighted by Crippen LogP contribution is 2.25. The number of carbonyl (C=O) groups excluding carboxylic acids is 1. The summed E-state index contributed by atoms with van der Waals surface area (Å²) < 4.78 is 40.2. The Morgan fingerprint density at radius 2 is 2.30 bits per heavy atom. The lowest BCUT2D eigenvalue weighted by molar-refractivity contribution is 0.102. The summed E-state index contributed by atoms with van der Waals surface area (Å²) in [6.45, 7) is 0. The van der Waals surface area contributed by atoms with Crippen molar-refractivity contribution in [3.05, 3.63) is 48.0 Å². The van der Waals surface area contributed by atoms with Gasteiger partial charge in [0.1, 0.15) is 11.8 Å². The minimum Gasteiger partial charge on any atom is -0.397 e. The zero-order chi connectivity index (χ0) is 16.3. The highest BCUT2D eigenvalue weighted by atomic mass is 32.2. The van der Waals surface area contributed by atoms with E-state index in [0.29, 0.717) is 0 Å². The number of rotatable bonds is 4. The van der Waals surface area contributed by atoms with Crippen LogP contribution in [0.5, 0.6) is 0 Å². The largest absolute Gasteiger partial charge is 0.397 e. The maximum absolute atomic E-state index is 13.5. The summed E-state index contributed by atoms with van der Waals surface area (Å²) in [5, 5.41) is 2.45. The molecule has 0 unspecified atom stereocenters. The molecule has 1 aromatic heterocycles. The van der Waals surface area contributed by atoms with Crippen molar-refractivity contribution in [3.63, 3.8) is 0 Å². The van der Waals surface area contributed by atoms with Crippen LogP contribution in [0.25, 0.3) is 0 Å². The van der Waals surface area contributed by atoms with Crippen molar-refractivity contribution in [1.29, 1.82) is 0 Å². The number of benzene rings is 1. The van der Waals surface area contributed by atoms with Crippen molar-refractivity contribution >= 4 is 29.0 Å². The maximum Gasteiger partial charge on any atom is 0.276 e. The van der Waals surface area contributed by atoms with Crippen LogP contribution < -0.4 is 11.1 Å². The van der Waals surface area contributed by atoms with E-state index in [0.717, 1.165) is 12.1 Å². The standard InChI is InChI=1S/C13H11F2N3OS/c14-7-20-11-6-8(3-4-9(11)15)18-13(19)12-10(16)2-1-5-17-12/h1-6H,7,16H2,(H,18,19)/i7D2. The van der Waals surface area contributed by atoms with Gasteiger partial charge in [-0.2, -0.15) is 0 Å². The van der Waals surface area contributed by atoms with E-state index in [4.69, 9.17) is 8.48 Å². The number of thioether (sulfide) groups is 1. The SMILES string of the molecule is [2H]C([2H])(F)Sc1cc(NC(=O)c2ncccc2N)ccc1F. The molecule has 0 radical (unpaired) electrons. The van der Waals surface area contributed by atoms with Gasteiger partial charge in [0.05, 0.1) is 8.43 Å². The van der Waals surface area contributed by atoms with Crippen molar-refractivity contribution in [2.75, 3.05) is 17.0 Å². The van der Waals surface area contributed by atoms with E-state index < -0.39 is 17.7 Å². The molecule has 1 heterocycles. The van der Waals surface area contributed by atoms with Crippen molar-refractivity contribution in [3.8, 4) is 0 Å². The molecule has 1 amide bonds. The number of alkyl halides is 1. The summed E-state index contributed by atoms with van der Waals surface area (Å²) in [5.74, 6) is -4.53. The zero-order valence-electron chi connectivity index (χ0n) is 12.1. The first-order valence-corrected chi connectivity index (χ1v) is 6.27. The Hall–Kier alpha value is -2.15. The smallest absolute Gasteiger partial charge is 0.276 e. The Bertz CT molecular complexity index is 710. The second kappa shape index (κ2) is 6.33. The number of hydrogen-bond acceptors (Lipinski definition) is 4. The summed E-state index contributed by atoms with van der Waals surface area (Å²) in [5.41, 5.74) is 5.97. The first-order valence-electron chi connectivity index (χ1n) is 6.45. The molecule has 0 aliphatic heterocycles. The molecule has 4 nitrogen and oxygen atoms in total. The van der Waals surface area contributed by atoms with Gasteiger partial charge in [0.15, 0.2) is 5.69 Å². The number of nitrogen functional groups attached to an aromatic ring is 1. The molecular formula is C13H11F2N3OS. The van der Waals surface area contributed by atoms with Crippen molar-refractivity contribution < 1.29 is 16.3 Å². The van der Waals surface area contributed by atoms with Gasteiger partial charge < -0.3 is 11.1 Å². The van der Waals surface area contributed by atoms with Crippen LogP contribution in [0.1, 0.15) is 13.2 Å². The van der Waals surface area contributed by atoms with E-state index in [1.807, 2.05) is 0 Å². The summed E-state index contributed by atoms with van der Waals surface area (Å²) in [4.78, 5) is 15.6. The molecule has 0 fully saturated rings. The maximum atomic E-state index is 13.5. The van der Waals surface area contributed by atoms with Gasteiger partial charge in [-0.1, -0.05) is 11.8 Å². The van der Waals surface area contributed by atoms with E-state index in [9.17, 15) is 13.6 Å². The number of anilines is 2. The summed E-state index contributed by atoms with van der Waals surface area (Å²) in [7, 11) is 0. The normalized spacial score (nSPS) is 12.5. The van der Waals surface area contributed by atoms with E-state index >= 15 is 0 Å². The third-order valence-electron chi connectivity index (χ3n) is 2.39. The molecule has 2 aromatic rings. The molecule has 20 heavy (non-hydrogen) atoms. The number of halogens is 2. The second-order valence-electron chi connectivity index (χ2n) is 3.72. The Balaban J connectivity index is 2.22. The molecule has 0 aliphatic rings. The van der Waals surface area contributed by atoms with Crippen LogP contribution in [-0.4, -0.2) is 16.8 Å². The van der Waals surface area contributed by atoms with Crippen LogP contribution in [0.3, 0.4) is 0 Å². The number of pyridine rings is 1. The molecule has 0 aliphatic carbocycles. The van der Waals surface area contributed by atoms with E-state index in [2.05, 4.69) is 10.3 Å². The topological polar surface area (TPSA) is 68.0 Å². The van der Waals surface area contributed by atoms with Gasteiger partial charge >= 0.3 is 0 Å². The van der Waals surface area contributed by atoms with Gasteiger partial charge in [-0.3, -0.25) is 4.79 Å². The molecule has 0 saturated heterocycles. The number of hydrogen-bond donors (Lipinski definition) is 2. The van der Waals surface area contributed by atoms with Gasteiger partial charge in [-0.05, 0) is 30.3 Å². The van der Waals surface area contributed by atoms with Gasteiger partial charge in [0.2, 0.25) is 0 Å². The molecule has 3 N–H and O–H groups in total. The summed E-state index contributed by atoms with van der Waals surface area (Å²) >= 11 is 0.0676. The number of nitrogens with zero attached hydrogens (tertiary/aromatic N) is 1. The number of aromatic nitrogens is 1. The highest BCUT2D eigenvalue weighted by molar-refractivity contribution is 7.99. The summed E-state index contributed by atoms with van der Waals surface area (Å²) in [6.07, 6.45) is 1.40. The van der Waals surface area contributed by atoms with Crippen LogP contribution in [0.4, 0.5) is 20.2 Å². The lowest BCUT2D eigenvalue weighted by Crippen LogP contribution is -2.15. The van der Waals surface area contributed by atoms with Crippen LogP contribution in [0.2, 0.25) is 0 Å². The molecule has 0 bridgehead atoms. The fraction of sp³-hybridized carbons (Fsp3) is 0.0769. The fourth-order valence-electron chi connectivity index (χ4n) is 1.50. The minimum absolute atomic E-state index is 0.00171. The van der Waals surface area contributed by atoms with Crippen LogP contribution in [-0.2, 0) is 0 Å². The predicted octanol–water partition coefficient (Wildman–Crippen LogP) is 3.07. The predicted molar refractivity (Wildman–Crippen MR) is 74.8 cm³/mol. The molecule has 1 aromatic carbocycles. The van der Waals surface area contributed by atoms with Crippen LogP contribution in [0.15, 0.2) is 41.4 Å². The second-order valence-corrected chi connectivity index (χ2v) is 4.52. The molecule has 0 spiro atoms. The Morgan fingerprint density at radius 3 is 3.00 bits per heavy atom. The lowest BCUT2D eigenvalue weighted by atomic mass is 10.2. The Morgan fingerprint density at radius 1 is 1.50 bits per heavy atom. The third kappa shape index (κ3) is 3.24. The van der Waals surface area contributed by atoms with Crippen molar-refractivity contribution in [2.24, 2.45) is 0 Å². The van der Waals surface area contributed by atoms with Gasteiger partial charge in [0.25, 0.3) is 5.91 Å². The fourth-order valence-corrected chi connectivity index (χ4v) is 1.93. The molecule has 104 valence electrons. The number of nitrogens with two attached hydrogens (primary N) is 1. The molecule has 2 rings (SSSR count).